The Kier molecular flexibility index (Phi) is 8.21. The molecule has 0 unspecified atom stereocenters. The lowest BCUT2D eigenvalue weighted by Crippen LogP contribution is -2.39. The van der Waals surface area contributed by atoms with Crippen LogP contribution in [0.4, 0.5) is 10.5 Å². The topological polar surface area (TPSA) is 75.2 Å². The van der Waals surface area contributed by atoms with Crippen LogP contribution in [0.25, 0.3) is 0 Å². The number of carbonyl (C=O) groups excluding carboxylic acids is 1. The Bertz CT molecular complexity index is 583. The third-order valence-electron chi connectivity index (χ3n) is 4.62. The minimum absolute atomic E-state index is 0.470. The molecular formula is C19H30N4O3. The number of aliphatic imine (C=N–C) groups is 1. The summed E-state index contributed by atoms with van der Waals surface area (Å²) in [7, 11) is 5.21. The van der Waals surface area contributed by atoms with E-state index in [4.69, 9.17) is 4.74 Å². The fourth-order valence-electron chi connectivity index (χ4n) is 2.96. The van der Waals surface area contributed by atoms with Gasteiger partial charge in [-0.2, -0.15) is 0 Å². The van der Waals surface area contributed by atoms with Gasteiger partial charge in [-0.3, -0.25) is 10.3 Å². The molecule has 1 aromatic rings. The van der Waals surface area contributed by atoms with Crippen LogP contribution in [0.2, 0.25) is 0 Å². The van der Waals surface area contributed by atoms with Gasteiger partial charge in [0, 0.05) is 46.1 Å². The molecule has 7 nitrogen and oxygen atoms in total. The zero-order chi connectivity index (χ0) is 18.8. The van der Waals surface area contributed by atoms with E-state index in [1.165, 1.54) is 7.11 Å². The number of methoxy groups -OCH3 is 1. The van der Waals surface area contributed by atoms with Crippen molar-refractivity contribution in [2.24, 2.45) is 10.9 Å². The number of ether oxygens (including phenoxy) is 2. The number of rotatable bonds is 6. The van der Waals surface area contributed by atoms with E-state index < -0.39 is 6.09 Å². The highest BCUT2D eigenvalue weighted by molar-refractivity contribution is 5.84. The zero-order valence-electron chi connectivity index (χ0n) is 16.0. The summed E-state index contributed by atoms with van der Waals surface area (Å²) in [5.74, 6) is 1.63. The van der Waals surface area contributed by atoms with E-state index in [0.29, 0.717) is 12.2 Å². The Morgan fingerprint density at radius 2 is 2.00 bits per heavy atom. The van der Waals surface area contributed by atoms with Crippen LogP contribution in [0.3, 0.4) is 0 Å². The van der Waals surface area contributed by atoms with Crippen LogP contribution in [-0.2, 0) is 16.0 Å². The summed E-state index contributed by atoms with van der Waals surface area (Å²) in [6, 6.07) is 7.64. The summed E-state index contributed by atoms with van der Waals surface area (Å²) in [4.78, 5) is 17.7. The largest absolute Gasteiger partial charge is 0.453 e. The van der Waals surface area contributed by atoms with E-state index in [1.54, 1.807) is 7.05 Å². The van der Waals surface area contributed by atoms with Crippen LogP contribution in [0.1, 0.15) is 24.8 Å². The number of guanidine groups is 1. The molecule has 1 saturated heterocycles. The molecule has 2 N–H and O–H groups in total. The summed E-state index contributed by atoms with van der Waals surface area (Å²) >= 11 is 0. The van der Waals surface area contributed by atoms with Crippen molar-refractivity contribution < 1.29 is 14.3 Å². The molecular weight excluding hydrogens is 332 g/mol. The Morgan fingerprint density at radius 1 is 1.31 bits per heavy atom. The average molecular weight is 362 g/mol. The van der Waals surface area contributed by atoms with Gasteiger partial charge in [-0.25, -0.2) is 4.79 Å². The summed E-state index contributed by atoms with van der Waals surface area (Å²) < 4.78 is 10.00. The van der Waals surface area contributed by atoms with Crippen molar-refractivity contribution in [3.05, 3.63) is 29.8 Å². The summed E-state index contributed by atoms with van der Waals surface area (Å²) in [5.41, 5.74) is 1.82. The number of nitrogens with one attached hydrogen (secondary N) is 2. The zero-order valence-corrected chi connectivity index (χ0v) is 16.0. The Labute approximate surface area is 155 Å². The summed E-state index contributed by atoms with van der Waals surface area (Å²) in [5, 5.41) is 6.02. The maximum Gasteiger partial charge on any atom is 0.411 e. The van der Waals surface area contributed by atoms with E-state index in [-0.39, 0.29) is 0 Å². The first-order valence-electron chi connectivity index (χ1n) is 9.05. The molecule has 2 rings (SSSR count). The second-order valence-electron chi connectivity index (χ2n) is 6.48. The summed E-state index contributed by atoms with van der Waals surface area (Å²) in [6.07, 6.45) is 3.01. The fraction of sp³-hybridized carbons (Fsp3) is 0.579. The highest BCUT2D eigenvalue weighted by atomic mass is 16.5. The second-order valence-corrected chi connectivity index (χ2v) is 6.48. The van der Waals surface area contributed by atoms with Gasteiger partial charge in [0.1, 0.15) is 0 Å². The van der Waals surface area contributed by atoms with Gasteiger partial charge in [0.05, 0.1) is 7.11 Å². The molecule has 144 valence electrons. The minimum Gasteiger partial charge on any atom is -0.453 e. The predicted molar refractivity (Wildman–Crippen MR) is 103 cm³/mol. The van der Waals surface area contributed by atoms with Gasteiger partial charge in [-0.05, 0) is 42.9 Å². The van der Waals surface area contributed by atoms with E-state index in [0.717, 1.165) is 56.5 Å². The lowest BCUT2D eigenvalue weighted by atomic mass is 9.96. The number of hydrogen-bond acceptors (Lipinski definition) is 4. The van der Waals surface area contributed by atoms with E-state index >= 15 is 0 Å². The molecule has 0 atom stereocenters. The lowest BCUT2D eigenvalue weighted by Gasteiger charge is -2.26. The van der Waals surface area contributed by atoms with Crippen LogP contribution in [0.5, 0.6) is 0 Å². The lowest BCUT2D eigenvalue weighted by molar-refractivity contribution is 0.0625. The standard InChI is InChI=1S/C19H30N4O3/c1-20-18(23(2)11-8-15-9-12-26-13-10-15)21-14-16-4-6-17(7-5-16)22-19(24)25-3/h4-7,15H,8-14H2,1-3H3,(H,20,21)(H,22,24). The molecule has 0 aliphatic carbocycles. The normalized spacial score (nSPS) is 15.4. The average Bonchev–Trinajstić information content (AvgIpc) is 2.68. The van der Waals surface area contributed by atoms with E-state index in [1.807, 2.05) is 24.3 Å². The Hall–Kier alpha value is -2.28. The molecule has 0 bridgehead atoms. The van der Waals surface area contributed by atoms with Crippen molar-refractivity contribution >= 4 is 17.7 Å². The number of anilines is 1. The van der Waals surface area contributed by atoms with Crippen molar-refractivity contribution in [1.82, 2.24) is 10.2 Å². The van der Waals surface area contributed by atoms with Crippen LogP contribution in [0.15, 0.2) is 29.3 Å². The van der Waals surface area contributed by atoms with E-state index in [9.17, 15) is 4.79 Å². The number of carbonyl (C=O) groups is 1. The SMILES string of the molecule is CN=C(NCc1ccc(NC(=O)OC)cc1)N(C)CCC1CCOCC1. The molecule has 7 heteroatoms. The molecule has 1 amide bonds. The van der Waals surface area contributed by atoms with Gasteiger partial charge in [-0.1, -0.05) is 12.1 Å². The highest BCUT2D eigenvalue weighted by Crippen LogP contribution is 2.18. The maximum atomic E-state index is 11.2. The van der Waals surface area contributed by atoms with Crippen LogP contribution in [0, 0.1) is 5.92 Å². The number of nitrogens with zero attached hydrogens (tertiary/aromatic N) is 2. The molecule has 1 aromatic carbocycles. The van der Waals surface area contributed by atoms with Crippen LogP contribution >= 0.6 is 0 Å². The molecule has 0 saturated carbocycles. The first kappa shape index (κ1) is 20.0. The molecule has 1 heterocycles. The van der Waals surface area contributed by atoms with Gasteiger partial charge < -0.3 is 19.7 Å². The first-order valence-corrected chi connectivity index (χ1v) is 9.05. The van der Waals surface area contributed by atoms with E-state index in [2.05, 4.69) is 32.3 Å². The van der Waals surface area contributed by atoms with Crippen molar-refractivity contribution in [3.63, 3.8) is 0 Å². The van der Waals surface area contributed by atoms with Gasteiger partial charge in [0.25, 0.3) is 0 Å². The maximum absolute atomic E-state index is 11.2. The summed E-state index contributed by atoms with van der Waals surface area (Å²) in [6.45, 7) is 3.43. The van der Waals surface area contributed by atoms with Crippen molar-refractivity contribution in [2.75, 3.05) is 46.3 Å². The Morgan fingerprint density at radius 3 is 2.62 bits per heavy atom. The number of amides is 1. The van der Waals surface area contributed by atoms with Gasteiger partial charge in [-0.15, -0.1) is 0 Å². The van der Waals surface area contributed by atoms with Crippen molar-refractivity contribution in [2.45, 2.75) is 25.8 Å². The molecule has 1 aliphatic rings. The third-order valence-corrected chi connectivity index (χ3v) is 4.62. The highest BCUT2D eigenvalue weighted by Gasteiger charge is 2.15. The van der Waals surface area contributed by atoms with Gasteiger partial charge in [0.2, 0.25) is 0 Å². The quantitative estimate of drug-likeness (QED) is 0.601. The third kappa shape index (κ3) is 6.55. The minimum atomic E-state index is -0.470. The first-order chi connectivity index (χ1) is 12.6. The Balaban J connectivity index is 1.77. The van der Waals surface area contributed by atoms with Gasteiger partial charge in [0.15, 0.2) is 5.96 Å². The molecule has 1 aliphatic heterocycles. The molecule has 0 spiro atoms. The molecule has 26 heavy (non-hydrogen) atoms. The smallest absolute Gasteiger partial charge is 0.411 e. The monoisotopic (exact) mass is 362 g/mol. The number of benzene rings is 1. The second kappa shape index (κ2) is 10.7. The molecule has 0 radical (unpaired) electrons. The number of hydrogen-bond donors (Lipinski definition) is 2. The van der Waals surface area contributed by atoms with Gasteiger partial charge >= 0.3 is 6.09 Å². The fourth-order valence-corrected chi connectivity index (χ4v) is 2.96. The van der Waals surface area contributed by atoms with Crippen LogP contribution < -0.4 is 10.6 Å². The van der Waals surface area contributed by atoms with Crippen molar-refractivity contribution in [3.8, 4) is 0 Å². The molecule has 1 fully saturated rings. The predicted octanol–water partition coefficient (Wildman–Crippen LogP) is 2.69. The van der Waals surface area contributed by atoms with Crippen molar-refractivity contribution in [1.29, 1.82) is 0 Å². The molecule has 0 aromatic heterocycles. The van der Waals surface area contributed by atoms with Crippen LogP contribution in [-0.4, -0.2) is 57.9 Å².